The summed E-state index contributed by atoms with van der Waals surface area (Å²) in [5.74, 6) is 2.31. The first-order valence-electron chi connectivity index (χ1n) is 16.8. The van der Waals surface area contributed by atoms with Crippen molar-refractivity contribution in [1.82, 2.24) is 10.1 Å². The summed E-state index contributed by atoms with van der Waals surface area (Å²) in [5, 5.41) is 4.06. The van der Waals surface area contributed by atoms with Crippen molar-refractivity contribution in [2.45, 2.75) is 102 Å². The number of nitrogens with zero attached hydrogens (tertiary/aromatic N) is 4. The van der Waals surface area contributed by atoms with Crippen LogP contribution in [-0.4, -0.2) is 56.2 Å². The van der Waals surface area contributed by atoms with E-state index in [1.165, 1.54) is 20.0 Å². The van der Waals surface area contributed by atoms with Gasteiger partial charge in [0.1, 0.15) is 23.9 Å². The van der Waals surface area contributed by atoms with Crippen LogP contribution in [0, 0.1) is 19.8 Å². The smallest absolute Gasteiger partial charge is 0.268 e. The van der Waals surface area contributed by atoms with Gasteiger partial charge in [-0.05, 0) is 74.6 Å². The van der Waals surface area contributed by atoms with Gasteiger partial charge >= 0.3 is 0 Å². The molecule has 1 aliphatic heterocycles. The third kappa shape index (κ3) is 6.75. The molecular formula is C36H46N4O6S. The Morgan fingerprint density at radius 2 is 1.85 bits per heavy atom. The van der Waals surface area contributed by atoms with Gasteiger partial charge in [-0.25, -0.2) is 12.7 Å². The lowest BCUT2D eigenvalue weighted by Crippen LogP contribution is -2.40. The minimum absolute atomic E-state index is 0.116. The number of amides is 1. The Bertz CT molecular complexity index is 1740. The van der Waals surface area contributed by atoms with Crippen LogP contribution in [0.4, 0.5) is 5.82 Å². The second-order valence-corrected chi connectivity index (χ2v) is 15.0. The van der Waals surface area contributed by atoms with E-state index in [2.05, 4.69) is 18.1 Å². The van der Waals surface area contributed by atoms with E-state index in [0.29, 0.717) is 42.6 Å². The number of methoxy groups -OCH3 is 1. The van der Waals surface area contributed by atoms with Gasteiger partial charge in [-0.15, -0.1) is 0 Å². The first-order valence-corrected chi connectivity index (χ1v) is 18.3. The lowest BCUT2D eigenvalue weighted by Gasteiger charge is -2.24. The Morgan fingerprint density at radius 3 is 2.53 bits per heavy atom. The zero-order valence-electron chi connectivity index (χ0n) is 28.0. The predicted octanol–water partition coefficient (Wildman–Crippen LogP) is 6.93. The van der Waals surface area contributed by atoms with Gasteiger partial charge in [0.15, 0.2) is 5.82 Å². The number of benzene rings is 2. The Hall–Kier alpha value is -3.54. The average molecular weight is 663 g/mol. The van der Waals surface area contributed by atoms with E-state index in [0.717, 1.165) is 71.8 Å². The van der Waals surface area contributed by atoms with Crippen LogP contribution < -0.4 is 4.31 Å². The van der Waals surface area contributed by atoms with Gasteiger partial charge in [0.2, 0.25) is 0 Å². The third-order valence-corrected chi connectivity index (χ3v) is 11.4. The van der Waals surface area contributed by atoms with Crippen LogP contribution in [0.2, 0.25) is 0 Å². The highest BCUT2D eigenvalue weighted by Gasteiger charge is 2.49. The summed E-state index contributed by atoms with van der Waals surface area (Å²) in [4.78, 5) is 20.9. The number of carbonyl (C=O) groups excluding carboxylic acids is 1. The summed E-state index contributed by atoms with van der Waals surface area (Å²) in [5.41, 5.74) is 3.17. The number of aromatic nitrogens is 1. The summed E-state index contributed by atoms with van der Waals surface area (Å²) in [6, 6.07) is 13.0. The van der Waals surface area contributed by atoms with Crippen molar-refractivity contribution < 1.29 is 27.2 Å². The maximum absolute atomic E-state index is 14.4. The van der Waals surface area contributed by atoms with E-state index < -0.39 is 15.6 Å². The fourth-order valence-corrected chi connectivity index (χ4v) is 8.25. The Morgan fingerprint density at radius 1 is 1.09 bits per heavy atom. The zero-order valence-corrected chi connectivity index (χ0v) is 28.8. The van der Waals surface area contributed by atoms with Crippen molar-refractivity contribution in [3.8, 4) is 11.1 Å². The minimum atomic E-state index is -4.13. The fourth-order valence-electron chi connectivity index (χ4n) is 6.66. The molecule has 0 atom stereocenters. The molecule has 3 aliphatic rings. The summed E-state index contributed by atoms with van der Waals surface area (Å²) in [6.45, 7) is 6.85. The number of carbonyl (C=O) groups is 1. The first kappa shape index (κ1) is 33.4. The van der Waals surface area contributed by atoms with Crippen molar-refractivity contribution >= 4 is 27.6 Å². The van der Waals surface area contributed by atoms with Gasteiger partial charge < -0.3 is 14.0 Å². The van der Waals surface area contributed by atoms with Crippen LogP contribution in [0.1, 0.15) is 87.2 Å². The summed E-state index contributed by atoms with van der Waals surface area (Å²) >= 11 is 0. The molecule has 0 saturated heterocycles. The summed E-state index contributed by atoms with van der Waals surface area (Å²) in [6.07, 6.45) is 8.83. The number of aliphatic imine (C=N–C) groups is 1. The highest BCUT2D eigenvalue weighted by atomic mass is 32.2. The van der Waals surface area contributed by atoms with Crippen LogP contribution >= 0.6 is 0 Å². The van der Waals surface area contributed by atoms with E-state index in [4.69, 9.17) is 19.0 Å². The topological polar surface area (TPSA) is 115 Å². The molecule has 11 heteroatoms. The molecule has 6 rings (SSSR count). The van der Waals surface area contributed by atoms with E-state index >= 15 is 0 Å². The molecule has 2 heterocycles. The molecule has 1 spiro atoms. The van der Waals surface area contributed by atoms with Crippen LogP contribution in [-0.2, 0) is 37.4 Å². The van der Waals surface area contributed by atoms with Crippen LogP contribution in [0.5, 0.6) is 0 Å². The maximum atomic E-state index is 14.4. The molecule has 0 radical (unpaired) electrons. The van der Waals surface area contributed by atoms with Gasteiger partial charge in [0, 0.05) is 31.3 Å². The monoisotopic (exact) mass is 662 g/mol. The van der Waals surface area contributed by atoms with Crippen molar-refractivity contribution in [3.05, 3.63) is 64.9 Å². The molecule has 2 fully saturated rings. The summed E-state index contributed by atoms with van der Waals surface area (Å²) in [7, 11) is -2.69. The molecule has 47 heavy (non-hydrogen) atoms. The molecule has 2 aromatic carbocycles. The average Bonchev–Trinajstić information content (AvgIpc) is 3.59. The molecule has 3 aromatic rings. The van der Waals surface area contributed by atoms with Crippen molar-refractivity contribution in [3.63, 3.8) is 0 Å². The highest BCUT2D eigenvalue weighted by molar-refractivity contribution is 7.93. The molecule has 10 nitrogen and oxygen atoms in total. The van der Waals surface area contributed by atoms with Crippen molar-refractivity contribution in [2.75, 3.05) is 24.8 Å². The number of rotatable bonds is 15. The summed E-state index contributed by atoms with van der Waals surface area (Å²) < 4.78 is 46.7. The second-order valence-electron chi connectivity index (χ2n) is 13.2. The number of amidine groups is 1. The van der Waals surface area contributed by atoms with Crippen molar-refractivity contribution in [1.29, 1.82) is 0 Å². The Labute approximate surface area is 278 Å². The number of anilines is 1. The van der Waals surface area contributed by atoms with Gasteiger partial charge in [-0.1, -0.05) is 67.7 Å². The molecule has 0 bridgehead atoms. The normalized spacial score (nSPS) is 17.6. The van der Waals surface area contributed by atoms with Gasteiger partial charge in [-0.3, -0.25) is 14.7 Å². The molecule has 0 unspecified atom stereocenters. The second kappa shape index (κ2) is 13.9. The quantitative estimate of drug-likeness (QED) is 0.162. The number of hydrogen-bond acceptors (Lipinski definition) is 8. The van der Waals surface area contributed by atoms with Crippen molar-refractivity contribution in [2.24, 2.45) is 10.9 Å². The SMILES string of the molecule is CCCCC1=NC2(CCCC2)C(=O)N1Cc1ccc(-c2ccccc2S(=O)(=O)N(COC)c2noc(C)c2C)c(COCC2CC2)c1. The number of sulfonamides is 1. The fraction of sp³-hybridized carbons (Fsp3) is 0.528. The molecule has 252 valence electrons. The number of hydrogen-bond donors (Lipinski definition) is 0. The maximum Gasteiger partial charge on any atom is 0.268 e. The molecule has 2 saturated carbocycles. The van der Waals surface area contributed by atoms with Gasteiger partial charge in [-0.2, -0.15) is 0 Å². The standard InChI is InChI=1S/C36H46N4O6S/c1-5-6-13-33-37-36(18-9-10-19-36)35(41)39(33)21-28-16-17-30(29(20-28)23-45-22-27-14-15-27)31-11-7-8-12-32(31)47(42,43)40(24-44-4)34-25(2)26(3)46-38-34/h7-8,11-12,16-17,20,27H,5-6,9-10,13-15,18-19,21-24H2,1-4H3. The van der Waals surface area contributed by atoms with E-state index in [1.54, 1.807) is 26.0 Å². The van der Waals surface area contributed by atoms with Crippen LogP contribution in [0.25, 0.3) is 11.1 Å². The minimum Gasteiger partial charge on any atom is -0.376 e. The molecule has 1 amide bonds. The van der Waals surface area contributed by atoms with Gasteiger partial charge in [0.25, 0.3) is 15.9 Å². The van der Waals surface area contributed by atoms with E-state index in [1.807, 2.05) is 29.2 Å². The molecule has 0 N–H and O–H groups in total. The molecular weight excluding hydrogens is 616 g/mol. The Kier molecular flexibility index (Phi) is 9.87. The van der Waals surface area contributed by atoms with E-state index in [-0.39, 0.29) is 23.4 Å². The number of unbranched alkanes of at least 4 members (excludes halogenated alkanes) is 1. The first-order chi connectivity index (χ1) is 22.7. The lowest BCUT2D eigenvalue weighted by molar-refractivity contribution is -0.131. The van der Waals surface area contributed by atoms with Gasteiger partial charge in [0.05, 0.1) is 18.0 Å². The molecule has 2 aliphatic carbocycles. The lowest BCUT2D eigenvalue weighted by atomic mass is 9.96. The highest BCUT2D eigenvalue weighted by Crippen LogP contribution is 2.41. The third-order valence-electron chi connectivity index (χ3n) is 9.66. The predicted molar refractivity (Wildman–Crippen MR) is 180 cm³/mol. The van der Waals surface area contributed by atoms with E-state index in [9.17, 15) is 13.2 Å². The Balaban J connectivity index is 1.37. The van der Waals surface area contributed by atoms with Crippen LogP contribution in [0.15, 0.2) is 56.9 Å². The van der Waals surface area contributed by atoms with Crippen LogP contribution in [0.3, 0.4) is 0 Å². The number of aryl methyl sites for hydroxylation is 1. The zero-order chi connectivity index (χ0) is 33.2. The molecule has 1 aromatic heterocycles. The largest absolute Gasteiger partial charge is 0.376 e. The number of ether oxygens (including phenoxy) is 2.